The maximum Gasteiger partial charge on any atom is 0.306 e. The van der Waals surface area contributed by atoms with Crippen molar-refractivity contribution >= 4 is 22.3 Å². The van der Waals surface area contributed by atoms with Crippen LogP contribution in [-0.4, -0.2) is 20.6 Å². The van der Waals surface area contributed by atoms with Crippen LogP contribution in [0.25, 0.3) is 4.96 Å². The highest BCUT2D eigenvalue weighted by molar-refractivity contribution is 7.16. The number of hydrogen-bond acceptors (Lipinski definition) is 6. The highest BCUT2D eigenvalue weighted by Crippen LogP contribution is 2.10. The summed E-state index contributed by atoms with van der Waals surface area (Å²) in [5, 5.41) is 4.79. The molecule has 0 fully saturated rings. The molecule has 0 saturated heterocycles. The maximum atomic E-state index is 11.7. The van der Waals surface area contributed by atoms with Crippen LogP contribution in [0.2, 0.25) is 0 Å². The lowest BCUT2D eigenvalue weighted by Gasteiger charge is -2.02. The summed E-state index contributed by atoms with van der Waals surface area (Å²) in [5.74, 6) is -0.278. The Morgan fingerprint density at radius 3 is 3.06 bits per heavy atom. The number of nitrogens with zero attached hydrogens (tertiary/aromatic N) is 3. The van der Waals surface area contributed by atoms with Crippen molar-refractivity contribution in [3.63, 3.8) is 0 Å². The van der Waals surface area contributed by atoms with Gasteiger partial charge in [-0.15, -0.1) is 0 Å². The summed E-state index contributed by atoms with van der Waals surface area (Å²) in [6.07, 6.45) is 1.11. The largest absolute Gasteiger partial charge is 0.459 e. The number of ether oxygens (including phenoxy) is 1. The molecule has 0 amide bonds. The molecule has 0 aliphatic carbocycles. The van der Waals surface area contributed by atoms with Crippen molar-refractivity contribution in [2.75, 3.05) is 0 Å². The zero-order chi connectivity index (χ0) is 13.1. The molecular weight excluding hydrogens is 254 g/mol. The fraction of sp³-hybridized carbons (Fsp3) is 0.455. The number of aryl methyl sites for hydroxylation is 1. The van der Waals surface area contributed by atoms with Gasteiger partial charge in [0.05, 0.1) is 5.69 Å². The van der Waals surface area contributed by atoms with E-state index in [1.807, 2.05) is 6.92 Å². The van der Waals surface area contributed by atoms with E-state index in [-0.39, 0.29) is 18.1 Å². The molecule has 0 spiro atoms. The molecule has 0 saturated carbocycles. The van der Waals surface area contributed by atoms with Crippen LogP contribution < -0.4 is 5.56 Å². The van der Waals surface area contributed by atoms with E-state index in [9.17, 15) is 9.59 Å². The molecular formula is C11H13N3O3S. The lowest BCUT2D eigenvalue weighted by Crippen LogP contribution is -2.16. The lowest BCUT2D eigenvalue weighted by molar-refractivity contribution is -0.145. The van der Waals surface area contributed by atoms with Crippen molar-refractivity contribution in [1.29, 1.82) is 0 Å². The third-order valence-electron chi connectivity index (χ3n) is 2.23. The van der Waals surface area contributed by atoms with Crippen molar-refractivity contribution in [2.45, 2.75) is 33.3 Å². The highest BCUT2D eigenvalue weighted by Gasteiger charge is 2.08. The van der Waals surface area contributed by atoms with Gasteiger partial charge in [0, 0.05) is 12.5 Å². The second-order valence-corrected chi connectivity index (χ2v) is 4.97. The Morgan fingerprint density at radius 1 is 1.56 bits per heavy atom. The molecule has 0 unspecified atom stereocenters. The van der Waals surface area contributed by atoms with Crippen LogP contribution in [0.5, 0.6) is 0 Å². The molecule has 0 radical (unpaired) electrons. The molecule has 2 rings (SSSR count). The first-order chi connectivity index (χ1) is 8.60. The minimum Gasteiger partial charge on any atom is -0.459 e. The van der Waals surface area contributed by atoms with Gasteiger partial charge in [-0.25, -0.2) is 4.98 Å². The van der Waals surface area contributed by atoms with Gasteiger partial charge in [0.25, 0.3) is 5.56 Å². The van der Waals surface area contributed by atoms with Crippen molar-refractivity contribution in [3.05, 3.63) is 27.1 Å². The Labute approximate surface area is 107 Å². The summed E-state index contributed by atoms with van der Waals surface area (Å²) in [7, 11) is 0. The van der Waals surface area contributed by atoms with Crippen molar-refractivity contribution < 1.29 is 9.53 Å². The average Bonchev–Trinajstić information content (AvgIpc) is 2.68. The number of esters is 1. The fourth-order valence-corrected chi connectivity index (χ4v) is 2.22. The summed E-state index contributed by atoms with van der Waals surface area (Å²) in [5.41, 5.74) is 0.194. The zero-order valence-electron chi connectivity index (χ0n) is 10.2. The van der Waals surface area contributed by atoms with Crippen molar-refractivity contribution in [2.24, 2.45) is 0 Å². The van der Waals surface area contributed by atoms with Crippen LogP contribution in [0.1, 0.15) is 30.5 Å². The van der Waals surface area contributed by atoms with Crippen molar-refractivity contribution in [3.8, 4) is 0 Å². The first-order valence-electron chi connectivity index (χ1n) is 5.62. The maximum absolute atomic E-state index is 11.7. The van der Waals surface area contributed by atoms with Gasteiger partial charge in [0.2, 0.25) is 4.96 Å². The monoisotopic (exact) mass is 267 g/mol. The van der Waals surface area contributed by atoms with Gasteiger partial charge in [-0.1, -0.05) is 18.3 Å². The van der Waals surface area contributed by atoms with Gasteiger partial charge in [-0.2, -0.15) is 9.61 Å². The third-order valence-corrected chi connectivity index (χ3v) is 3.06. The topological polar surface area (TPSA) is 73.6 Å². The molecule has 18 heavy (non-hydrogen) atoms. The fourth-order valence-electron chi connectivity index (χ4n) is 1.46. The Morgan fingerprint density at radius 2 is 2.33 bits per heavy atom. The van der Waals surface area contributed by atoms with Gasteiger partial charge < -0.3 is 4.74 Å². The standard InChI is InChI=1S/C11H13N3O3S/c1-3-4-10(16)17-6-8-5-9(15)14-11(12-8)18-7(2)13-14/h5H,3-4,6H2,1-2H3. The van der Waals surface area contributed by atoms with Crippen LogP contribution in [0.15, 0.2) is 10.9 Å². The van der Waals surface area contributed by atoms with E-state index in [1.165, 1.54) is 21.9 Å². The number of aromatic nitrogens is 3. The van der Waals surface area contributed by atoms with Crippen LogP contribution in [0.4, 0.5) is 0 Å². The van der Waals surface area contributed by atoms with E-state index in [0.29, 0.717) is 17.1 Å². The minimum absolute atomic E-state index is 0.0293. The number of fused-ring (bicyclic) bond motifs is 1. The minimum atomic E-state index is -0.278. The Balaban J connectivity index is 2.19. The predicted molar refractivity (Wildman–Crippen MR) is 66.6 cm³/mol. The van der Waals surface area contributed by atoms with E-state index >= 15 is 0 Å². The molecule has 96 valence electrons. The summed E-state index contributed by atoms with van der Waals surface area (Å²) < 4.78 is 6.26. The molecule has 0 atom stereocenters. The molecule has 0 N–H and O–H groups in total. The van der Waals surface area contributed by atoms with E-state index in [1.54, 1.807) is 6.92 Å². The number of carbonyl (C=O) groups is 1. The molecule has 0 bridgehead atoms. The highest BCUT2D eigenvalue weighted by atomic mass is 32.1. The number of rotatable bonds is 4. The molecule has 0 aromatic carbocycles. The molecule has 2 heterocycles. The van der Waals surface area contributed by atoms with Gasteiger partial charge in [-0.3, -0.25) is 9.59 Å². The molecule has 0 aliphatic rings. The van der Waals surface area contributed by atoms with Crippen LogP contribution >= 0.6 is 11.3 Å². The third kappa shape index (κ3) is 2.73. The van der Waals surface area contributed by atoms with Crippen LogP contribution in [-0.2, 0) is 16.1 Å². The zero-order valence-corrected chi connectivity index (χ0v) is 11.0. The summed E-state index contributed by atoms with van der Waals surface area (Å²) in [4.78, 5) is 27.7. The smallest absolute Gasteiger partial charge is 0.306 e. The van der Waals surface area contributed by atoms with Gasteiger partial charge in [0.1, 0.15) is 11.6 Å². The van der Waals surface area contributed by atoms with Gasteiger partial charge >= 0.3 is 5.97 Å². The SMILES string of the molecule is CCCC(=O)OCc1cc(=O)n2nc(C)sc2n1. The normalized spacial score (nSPS) is 10.8. The summed E-state index contributed by atoms with van der Waals surface area (Å²) in [6.45, 7) is 3.74. The number of carbonyl (C=O) groups excluding carboxylic acids is 1. The van der Waals surface area contributed by atoms with E-state index < -0.39 is 0 Å². The lowest BCUT2D eigenvalue weighted by atomic mass is 10.3. The predicted octanol–water partition coefficient (Wildman–Crippen LogP) is 1.30. The van der Waals surface area contributed by atoms with E-state index in [2.05, 4.69) is 10.1 Å². The second kappa shape index (κ2) is 5.26. The van der Waals surface area contributed by atoms with Gasteiger partial charge in [0.15, 0.2) is 0 Å². The quantitative estimate of drug-likeness (QED) is 0.781. The Hall–Kier alpha value is -1.76. The molecule has 6 nitrogen and oxygen atoms in total. The summed E-state index contributed by atoms with van der Waals surface area (Å²) in [6, 6.07) is 1.34. The van der Waals surface area contributed by atoms with Gasteiger partial charge in [-0.05, 0) is 13.3 Å². The first-order valence-corrected chi connectivity index (χ1v) is 6.44. The molecule has 0 aliphatic heterocycles. The molecule has 2 aromatic heterocycles. The molecule has 7 heteroatoms. The summed E-state index contributed by atoms with van der Waals surface area (Å²) >= 11 is 1.33. The molecule has 2 aromatic rings. The second-order valence-electron chi connectivity index (χ2n) is 3.81. The van der Waals surface area contributed by atoms with E-state index in [4.69, 9.17) is 4.74 Å². The van der Waals surface area contributed by atoms with E-state index in [0.717, 1.165) is 11.4 Å². The number of hydrogen-bond donors (Lipinski definition) is 0. The van der Waals surface area contributed by atoms with Crippen LogP contribution in [0.3, 0.4) is 0 Å². The van der Waals surface area contributed by atoms with Crippen LogP contribution in [0, 0.1) is 6.92 Å². The Kier molecular flexibility index (Phi) is 3.71. The average molecular weight is 267 g/mol. The van der Waals surface area contributed by atoms with Crippen molar-refractivity contribution in [1.82, 2.24) is 14.6 Å². The Bertz CT molecular complexity index is 632. The first kappa shape index (κ1) is 12.7.